The Bertz CT molecular complexity index is 1350. The molecule has 1 N–H and O–H groups in total. The molecular formula is C23H17ClF6N2O4. The third-order valence-electron chi connectivity index (χ3n) is 5.42. The first-order valence-electron chi connectivity index (χ1n) is 10.1. The summed E-state index contributed by atoms with van der Waals surface area (Å²) in [4.78, 5) is 26.2. The number of hydrogen-bond acceptors (Lipinski definition) is 4. The molecule has 0 radical (unpaired) electrons. The largest absolute Gasteiger partial charge is 0.478 e. The van der Waals surface area contributed by atoms with Gasteiger partial charge >= 0.3 is 18.3 Å². The lowest BCUT2D eigenvalue weighted by Crippen LogP contribution is -2.28. The first kappa shape index (κ1) is 27.1. The lowest BCUT2D eigenvalue weighted by molar-refractivity contribution is -0.155. The number of benzene rings is 1. The van der Waals surface area contributed by atoms with Crippen LogP contribution in [-0.4, -0.2) is 26.8 Å². The second kappa shape index (κ2) is 9.84. The van der Waals surface area contributed by atoms with Crippen molar-refractivity contribution in [3.05, 3.63) is 86.4 Å². The molecule has 13 heteroatoms. The summed E-state index contributed by atoms with van der Waals surface area (Å²) >= 11 is 6.22. The Morgan fingerprint density at radius 2 is 1.78 bits per heavy atom. The van der Waals surface area contributed by atoms with Crippen LogP contribution in [0.4, 0.5) is 26.3 Å². The van der Waals surface area contributed by atoms with E-state index in [1.807, 2.05) is 0 Å². The summed E-state index contributed by atoms with van der Waals surface area (Å²) in [5.41, 5.74) is -3.12. The maximum absolute atomic E-state index is 14.0. The smallest absolute Gasteiger partial charge is 0.417 e. The molecule has 2 atom stereocenters. The van der Waals surface area contributed by atoms with Crippen molar-refractivity contribution in [2.24, 2.45) is 7.05 Å². The van der Waals surface area contributed by atoms with Crippen molar-refractivity contribution in [1.82, 2.24) is 9.55 Å². The molecular weight excluding hydrogens is 518 g/mol. The maximum Gasteiger partial charge on any atom is 0.417 e. The van der Waals surface area contributed by atoms with Crippen LogP contribution in [0.15, 0.2) is 53.6 Å². The van der Waals surface area contributed by atoms with E-state index in [9.17, 15) is 35.9 Å². The van der Waals surface area contributed by atoms with Gasteiger partial charge in [0.1, 0.15) is 5.75 Å². The van der Waals surface area contributed by atoms with E-state index in [4.69, 9.17) is 21.4 Å². The van der Waals surface area contributed by atoms with Gasteiger partial charge in [-0.1, -0.05) is 30.7 Å². The molecule has 0 aliphatic carbocycles. The minimum absolute atomic E-state index is 0.0744. The van der Waals surface area contributed by atoms with Crippen LogP contribution in [-0.2, 0) is 13.2 Å². The van der Waals surface area contributed by atoms with E-state index in [1.54, 1.807) is 0 Å². The van der Waals surface area contributed by atoms with Gasteiger partial charge in [-0.25, -0.2) is 9.78 Å². The third kappa shape index (κ3) is 5.81. The molecule has 0 fully saturated rings. The summed E-state index contributed by atoms with van der Waals surface area (Å²) in [5.74, 6) is -5.80. The number of hydrogen-bond donors (Lipinski definition) is 1. The quantitative estimate of drug-likeness (QED) is 0.371. The molecule has 192 valence electrons. The number of ether oxygens (including phenoxy) is 1. The Balaban J connectivity index is 1.94. The Kier molecular flexibility index (Phi) is 7.40. The molecule has 2 unspecified atom stereocenters. The number of aromatic carboxylic acids is 1. The highest BCUT2D eigenvalue weighted by Crippen LogP contribution is 2.46. The van der Waals surface area contributed by atoms with E-state index in [0.29, 0.717) is 12.3 Å². The van der Waals surface area contributed by atoms with E-state index >= 15 is 0 Å². The zero-order chi connectivity index (χ0) is 27.0. The first-order chi connectivity index (χ1) is 16.6. The van der Waals surface area contributed by atoms with Gasteiger partial charge in [-0.05, 0) is 29.2 Å². The van der Waals surface area contributed by atoms with Gasteiger partial charge in [0.25, 0.3) is 0 Å². The fraction of sp³-hybridized carbons (Fsp3) is 0.261. The number of carbonyl (C=O) groups is 1. The van der Waals surface area contributed by atoms with Crippen LogP contribution in [0.2, 0.25) is 5.02 Å². The number of halogens is 7. The van der Waals surface area contributed by atoms with Crippen molar-refractivity contribution in [3.63, 3.8) is 0 Å². The molecule has 0 amide bonds. The molecule has 0 aliphatic rings. The number of aryl methyl sites for hydroxylation is 1. The zero-order valence-corrected chi connectivity index (χ0v) is 19.2. The van der Waals surface area contributed by atoms with E-state index in [1.165, 1.54) is 26.1 Å². The van der Waals surface area contributed by atoms with E-state index < -0.39 is 52.7 Å². The normalized spacial score (nSPS) is 13.8. The highest BCUT2D eigenvalue weighted by molar-refractivity contribution is 6.31. The third-order valence-corrected chi connectivity index (χ3v) is 5.75. The molecule has 0 saturated heterocycles. The highest BCUT2D eigenvalue weighted by Gasteiger charge is 2.45. The number of alkyl halides is 6. The molecule has 2 heterocycles. The molecule has 3 aromatic rings. The molecule has 6 nitrogen and oxygen atoms in total. The van der Waals surface area contributed by atoms with Crippen molar-refractivity contribution in [1.29, 1.82) is 0 Å². The van der Waals surface area contributed by atoms with Gasteiger partial charge in [0.2, 0.25) is 11.4 Å². The van der Waals surface area contributed by atoms with Gasteiger partial charge in [0, 0.05) is 36.6 Å². The lowest BCUT2D eigenvalue weighted by atomic mass is 9.82. The second-order valence-electron chi connectivity index (χ2n) is 7.88. The van der Waals surface area contributed by atoms with Crippen LogP contribution in [0.1, 0.15) is 45.8 Å². The van der Waals surface area contributed by atoms with E-state index in [2.05, 4.69) is 4.98 Å². The lowest BCUT2D eigenvalue weighted by Gasteiger charge is -2.28. The Morgan fingerprint density at radius 1 is 1.11 bits per heavy atom. The monoisotopic (exact) mass is 534 g/mol. The molecule has 36 heavy (non-hydrogen) atoms. The van der Waals surface area contributed by atoms with Gasteiger partial charge in [-0.15, -0.1) is 0 Å². The standard InChI is InChI=1S/C23H17ClF6N2O4/c1-11(20(23(28,29)30)12-3-6-19(33)32(2)10-12)14-5-4-13(7-17(14)24)36-18-8-16(22(25,26)27)15(9-31-18)21(34)35/h3-11,20H,1-2H3,(H,34,35). The molecule has 3 rings (SSSR count). The molecule has 0 aliphatic heterocycles. The Labute approximate surface area is 204 Å². The summed E-state index contributed by atoms with van der Waals surface area (Å²) in [7, 11) is 1.32. The van der Waals surface area contributed by atoms with Gasteiger partial charge < -0.3 is 14.4 Å². The molecule has 0 saturated carbocycles. The van der Waals surface area contributed by atoms with Gasteiger partial charge in [-0.3, -0.25) is 4.79 Å². The van der Waals surface area contributed by atoms with Crippen molar-refractivity contribution in [2.45, 2.75) is 31.1 Å². The second-order valence-corrected chi connectivity index (χ2v) is 8.28. The van der Waals surface area contributed by atoms with E-state index in [-0.39, 0.29) is 21.9 Å². The fourth-order valence-corrected chi connectivity index (χ4v) is 4.04. The van der Waals surface area contributed by atoms with Gasteiger partial charge in [-0.2, -0.15) is 26.3 Å². The first-order valence-corrected chi connectivity index (χ1v) is 10.5. The average Bonchev–Trinajstić information content (AvgIpc) is 2.74. The maximum atomic E-state index is 14.0. The number of nitrogens with zero attached hydrogens (tertiary/aromatic N) is 2. The van der Waals surface area contributed by atoms with Crippen LogP contribution in [0, 0.1) is 0 Å². The number of pyridine rings is 2. The van der Waals surface area contributed by atoms with E-state index in [0.717, 1.165) is 29.0 Å². The van der Waals surface area contributed by atoms with Crippen molar-refractivity contribution < 1.29 is 41.0 Å². The minimum Gasteiger partial charge on any atom is -0.478 e. The van der Waals surface area contributed by atoms with Crippen LogP contribution in [0.25, 0.3) is 0 Å². The predicted molar refractivity (Wildman–Crippen MR) is 117 cm³/mol. The zero-order valence-electron chi connectivity index (χ0n) is 18.5. The highest BCUT2D eigenvalue weighted by atomic mass is 35.5. The SMILES string of the molecule is CC(c1ccc(Oc2cc(C(F)(F)F)c(C(=O)O)cn2)cc1Cl)C(c1ccc(=O)n(C)c1)C(F)(F)F. The fourth-order valence-electron chi connectivity index (χ4n) is 3.70. The number of carboxylic acid groups (broad SMARTS) is 1. The molecule has 2 aromatic heterocycles. The number of carboxylic acids is 1. The Hall–Kier alpha value is -3.54. The topological polar surface area (TPSA) is 81.4 Å². The van der Waals surface area contributed by atoms with Crippen LogP contribution in [0.5, 0.6) is 11.6 Å². The molecule has 0 bridgehead atoms. The van der Waals surface area contributed by atoms with Gasteiger partial charge in [0.05, 0.1) is 17.0 Å². The Morgan fingerprint density at radius 3 is 2.31 bits per heavy atom. The summed E-state index contributed by atoms with van der Waals surface area (Å²) in [6.45, 7) is 1.30. The minimum atomic E-state index is -5.00. The van der Waals surface area contributed by atoms with Crippen LogP contribution >= 0.6 is 11.6 Å². The van der Waals surface area contributed by atoms with Crippen molar-refractivity contribution >= 4 is 17.6 Å². The molecule has 1 aromatic carbocycles. The number of aromatic nitrogens is 2. The van der Waals surface area contributed by atoms with Crippen LogP contribution in [0.3, 0.4) is 0 Å². The summed E-state index contributed by atoms with van der Waals surface area (Å²) in [5, 5.41) is 8.79. The van der Waals surface area contributed by atoms with Crippen LogP contribution < -0.4 is 10.3 Å². The summed E-state index contributed by atoms with van der Waals surface area (Å²) in [6.07, 6.45) is -8.12. The van der Waals surface area contributed by atoms with Crippen molar-refractivity contribution in [3.8, 4) is 11.6 Å². The molecule has 0 spiro atoms. The van der Waals surface area contributed by atoms with Crippen molar-refractivity contribution in [2.75, 3.05) is 0 Å². The number of rotatable bonds is 6. The summed E-state index contributed by atoms with van der Waals surface area (Å²) < 4.78 is 87.9. The van der Waals surface area contributed by atoms with Gasteiger partial charge in [0.15, 0.2) is 0 Å². The average molecular weight is 535 g/mol. The summed E-state index contributed by atoms with van der Waals surface area (Å²) in [6, 6.07) is 6.06. The predicted octanol–water partition coefficient (Wildman–Crippen LogP) is 6.39.